The molecule has 2 N–H and O–H groups in total. The first-order valence-electron chi connectivity index (χ1n) is 7.35. The zero-order valence-corrected chi connectivity index (χ0v) is 12.0. The molecule has 2 rings (SSSR count). The fraction of sp³-hybridized carbons (Fsp3) is 0.600. The van der Waals surface area contributed by atoms with Crippen LogP contribution in [0, 0.1) is 5.92 Å². The van der Waals surface area contributed by atoms with Crippen molar-refractivity contribution in [2.45, 2.75) is 26.2 Å². The van der Waals surface area contributed by atoms with Crippen LogP contribution in [0.4, 0.5) is 0 Å². The Morgan fingerprint density at radius 1 is 1.35 bits per heavy atom. The second-order valence-electron chi connectivity index (χ2n) is 5.61. The van der Waals surface area contributed by atoms with Crippen LogP contribution in [0.2, 0.25) is 0 Å². The van der Waals surface area contributed by atoms with Crippen LogP contribution in [0.25, 0.3) is 0 Å². The van der Waals surface area contributed by atoms with Gasteiger partial charge >= 0.3 is 0 Å². The molecular formula is C15H23N3O2. The molecule has 0 spiro atoms. The first-order valence-corrected chi connectivity index (χ1v) is 7.35. The molecule has 1 aliphatic rings. The average Bonchev–Trinajstić information content (AvgIpc) is 2.46. The Kier molecular flexibility index (Phi) is 5.35. The molecule has 20 heavy (non-hydrogen) atoms. The second-order valence-corrected chi connectivity index (χ2v) is 5.61. The van der Waals surface area contributed by atoms with Crippen LogP contribution >= 0.6 is 0 Å². The van der Waals surface area contributed by atoms with Gasteiger partial charge in [-0.2, -0.15) is 0 Å². The number of nitrogens with one attached hydrogen (secondary N) is 2. The van der Waals surface area contributed by atoms with Gasteiger partial charge in [0.05, 0.1) is 0 Å². The van der Waals surface area contributed by atoms with Gasteiger partial charge < -0.3 is 15.2 Å². The van der Waals surface area contributed by atoms with E-state index >= 15 is 0 Å². The molecule has 5 heteroatoms. The Morgan fingerprint density at radius 2 is 2.10 bits per heavy atom. The largest absolute Gasteiger partial charge is 0.350 e. The van der Waals surface area contributed by atoms with Crippen LogP contribution in [0.5, 0.6) is 0 Å². The summed E-state index contributed by atoms with van der Waals surface area (Å²) < 4.78 is 0. The molecule has 5 nitrogen and oxygen atoms in total. The first kappa shape index (κ1) is 14.8. The predicted molar refractivity (Wildman–Crippen MR) is 78.9 cm³/mol. The van der Waals surface area contributed by atoms with Crippen molar-refractivity contribution < 1.29 is 4.79 Å². The lowest BCUT2D eigenvalue weighted by Crippen LogP contribution is -2.38. The van der Waals surface area contributed by atoms with Crippen molar-refractivity contribution in [1.29, 1.82) is 0 Å². The minimum Gasteiger partial charge on any atom is -0.350 e. The van der Waals surface area contributed by atoms with Crippen molar-refractivity contribution in [3.8, 4) is 0 Å². The van der Waals surface area contributed by atoms with Crippen molar-refractivity contribution in [1.82, 2.24) is 15.2 Å². The normalized spacial score (nSPS) is 17.6. The SMILES string of the molecule is CC(CNC(=O)c1cccc(=O)[nH]1)CN1CCCCC1. The van der Waals surface area contributed by atoms with Crippen molar-refractivity contribution in [2.75, 3.05) is 26.2 Å². The predicted octanol–water partition coefficient (Wildman–Crippen LogP) is 1.23. The summed E-state index contributed by atoms with van der Waals surface area (Å²) in [6, 6.07) is 4.60. The maximum atomic E-state index is 11.9. The molecule has 1 saturated heterocycles. The summed E-state index contributed by atoms with van der Waals surface area (Å²) in [7, 11) is 0. The molecule has 1 aromatic rings. The number of hydrogen-bond donors (Lipinski definition) is 2. The number of H-pyrrole nitrogens is 1. The summed E-state index contributed by atoms with van der Waals surface area (Å²) >= 11 is 0. The van der Waals surface area contributed by atoms with Gasteiger partial charge in [-0.3, -0.25) is 9.59 Å². The van der Waals surface area contributed by atoms with E-state index in [-0.39, 0.29) is 11.5 Å². The van der Waals surface area contributed by atoms with E-state index in [0.29, 0.717) is 18.2 Å². The van der Waals surface area contributed by atoms with Crippen LogP contribution in [0.1, 0.15) is 36.7 Å². The Labute approximate surface area is 119 Å². The van der Waals surface area contributed by atoms with Gasteiger partial charge in [0, 0.05) is 19.2 Å². The maximum absolute atomic E-state index is 11.9. The lowest BCUT2D eigenvalue weighted by atomic mass is 10.1. The Bertz CT molecular complexity index is 492. The molecule has 0 aliphatic carbocycles. The van der Waals surface area contributed by atoms with Gasteiger partial charge in [-0.15, -0.1) is 0 Å². The smallest absolute Gasteiger partial charge is 0.267 e. The highest BCUT2D eigenvalue weighted by atomic mass is 16.2. The molecule has 1 aromatic heterocycles. The van der Waals surface area contributed by atoms with Crippen LogP contribution in [0.3, 0.4) is 0 Å². The summed E-state index contributed by atoms with van der Waals surface area (Å²) in [6.07, 6.45) is 3.90. The Balaban J connectivity index is 1.76. The lowest BCUT2D eigenvalue weighted by molar-refractivity contribution is 0.0937. The van der Waals surface area contributed by atoms with Crippen molar-refractivity contribution in [3.63, 3.8) is 0 Å². The van der Waals surface area contributed by atoms with E-state index in [2.05, 4.69) is 22.1 Å². The highest BCUT2D eigenvalue weighted by Crippen LogP contribution is 2.10. The van der Waals surface area contributed by atoms with Crippen molar-refractivity contribution in [2.24, 2.45) is 5.92 Å². The summed E-state index contributed by atoms with van der Waals surface area (Å²) in [5.74, 6) is 0.195. The van der Waals surface area contributed by atoms with Crippen LogP contribution in [0.15, 0.2) is 23.0 Å². The molecule has 0 radical (unpaired) electrons. The number of rotatable bonds is 5. The highest BCUT2D eigenvalue weighted by Gasteiger charge is 2.14. The third kappa shape index (κ3) is 4.49. The molecule has 0 saturated carbocycles. The van der Waals surface area contributed by atoms with E-state index in [1.165, 1.54) is 38.4 Å². The van der Waals surface area contributed by atoms with Crippen LogP contribution < -0.4 is 10.9 Å². The van der Waals surface area contributed by atoms with E-state index < -0.39 is 0 Å². The number of amides is 1. The number of carbonyl (C=O) groups excluding carboxylic acids is 1. The fourth-order valence-electron chi connectivity index (χ4n) is 2.59. The van der Waals surface area contributed by atoms with E-state index in [9.17, 15) is 9.59 Å². The van der Waals surface area contributed by atoms with Crippen LogP contribution in [-0.2, 0) is 0 Å². The van der Waals surface area contributed by atoms with E-state index in [1.807, 2.05) is 0 Å². The number of hydrogen-bond acceptors (Lipinski definition) is 3. The van der Waals surface area contributed by atoms with Gasteiger partial charge in [0.2, 0.25) is 5.56 Å². The third-order valence-electron chi connectivity index (χ3n) is 3.64. The monoisotopic (exact) mass is 277 g/mol. The number of carbonyl (C=O) groups is 1. The molecule has 1 aliphatic heterocycles. The van der Waals surface area contributed by atoms with E-state index in [4.69, 9.17) is 0 Å². The highest BCUT2D eigenvalue weighted by molar-refractivity contribution is 5.92. The third-order valence-corrected chi connectivity index (χ3v) is 3.64. The number of aromatic nitrogens is 1. The zero-order valence-electron chi connectivity index (χ0n) is 12.0. The molecule has 1 unspecified atom stereocenters. The Hall–Kier alpha value is -1.62. The van der Waals surface area contributed by atoms with Crippen molar-refractivity contribution >= 4 is 5.91 Å². The summed E-state index contributed by atoms with van der Waals surface area (Å²) in [5.41, 5.74) is 0.0710. The summed E-state index contributed by atoms with van der Waals surface area (Å²) in [4.78, 5) is 28.0. The standard InChI is InChI=1S/C15H23N3O2/c1-12(11-18-8-3-2-4-9-18)10-16-15(20)13-6-5-7-14(19)17-13/h5-7,12H,2-4,8-11H2,1H3,(H,16,20)(H,17,19). The topological polar surface area (TPSA) is 65.2 Å². The van der Waals surface area contributed by atoms with Gasteiger partial charge in [-0.1, -0.05) is 19.4 Å². The van der Waals surface area contributed by atoms with Gasteiger partial charge in [0.1, 0.15) is 5.69 Å². The number of nitrogens with zero attached hydrogens (tertiary/aromatic N) is 1. The van der Waals surface area contributed by atoms with Gasteiger partial charge in [-0.05, 0) is 37.9 Å². The molecule has 110 valence electrons. The summed E-state index contributed by atoms with van der Waals surface area (Å²) in [6.45, 7) is 6.13. The Morgan fingerprint density at radius 3 is 2.80 bits per heavy atom. The van der Waals surface area contributed by atoms with Gasteiger partial charge in [0.15, 0.2) is 0 Å². The number of aromatic amines is 1. The van der Waals surface area contributed by atoms with Gasteiger partial charge in [-0.25, -0.2) is 0 Å². The fourth-order valence-corrected chi connectivity index (χ4v) is 2.59. The zero-order chi connectivity index (χ0) is 14.4. The van der Waals surface area contributed by atoms with Gasteiger partial charge in [0.25, 0.3) is 5.91 Å². The first-order chi connectivity index (χ1) is 9.65. The molecule has 0 aromatic carbocycles. The van der Waals surface area contributed by atoms with Crippen molar-refractivity contribution in [3.05, 3.63) is 34.2 Å². The minimum atomic E-state index is -0.251. The number of likely N-dealkylation sites (tertiary alicyclic amines) is 1. The molecule has 2 heterocycles. The van der Waals surface area contributed by atoms with E-state index in [0.717, 1.165) is 6.54 Å². The second kappa shape index (κ2) is 7.24. The molecule has 1 amide bonds. The van der Waals surface area contributed by atoms with Crippen LogP contribution in [-0.4, -0.2) is 42.0 Å². The molecular weight excluding hydrogens is 254 g/mol. The van der Waals surface area contributed by atoms with E-state index in [1.54, 1.807) is 12.1 Å². The molecule has 1 fully saturated rings. The maximum Gasteiger partial charge on any atom is 0.267 e. The lowest BCUT2D eigenvalue weighted by Gasteiger charge is -2.29. The number of pyridine rings is 1. The minimum absolute atomic E-state index is 0.215. The summed E-state index contributed by atoms with van der Waals surface area (Å²) in [5, 5.41) is 2.88. The molecule has 1 atom stereocenters. The molecule has 0 bridgehead atoms. The quantitative estimate of drug-likeness (QED) is 0.850. The average molecular weight is 277 g/mol. The number of piperidine rings is 1.